The first-order valence-electron chi connectivity index (χ1n) is 11.7. The van der Waals surface area contributed by atoms with Crippen LogP contribution in [-0.2, 0) is 19.4 Å². The first-order chi connectivity index (χ1) is 16.7. The molecular formula is C27H26N4O3. The number of benzene rings is 3. The summed E-state index contributed by atoms with van der Waals surface area (Å²) >= 11 is 0. The molecule has 3 aromatic carbocycles. The lowest BCUT2D eigenvalue weighted by molar-refractivity contribution is 0.0617. The van der Waals surface area contributed by atoms with Crippen LogP contribution in [0.2, 0.25) is 0 Å². The van der Waals surface area contributed by atoms with Crippen LogP contribution in [0.1, 0.15) is 27.4 Å². The van der Waals surface area contributed by atoms with Crippen molar-refractivity contribution in [1.82, 2.24) is 19.9 Å². The van der Waals surface area contributed by atoms with Crippen molar-refractivity contribution in [1.29, 1.82) is 0 Å². The van der Waals surface area contributed by atoms with Gasteiger partial charge in [0.2, 0.25) is 11.7 Å². The molecule has 0 N–H and O–H groups in total. The van der Waals surface area contributed by atoms with E-state index < -0.39 is 0 Å². The summed E-state index contributed by atoms with van der Waals surface area (Å²) in [5, 5.41) is 6.50. The highest BCUT2D eigenvalue weighted by Crippen LogP contribution is 2.33. The monoisotopic (exact) mass is 454 g/mol. The smallest absolute Gasteiger partial charge is 0.254 e. The minimum atomic E-state index is 0.120. The molecule has 34 heavy (non-hydrogen) atoms. The summed E-state index contributed by atoms with van der Waals surface area (Å²) in [6.07, 6.45) is 2.14. The second-order valence-electron chi connectivity index (χ2n) is 8.92. The number of amides is 1. The summed E-state index contributed by atoms with van der Waals surface area (Å²) in [5.41, 5.74) is 4.43. The van der Waals surface area contributed by atoms with Crippen molar-refractivity contribution < 1.29 is 14.1 Å². The fourth-order valence-electron chi connectivity index (χ4n) is 5.08. The van der Waals surface area contributed by atoms with Crippen molar-refractivity contribution in [2.24, 2.45) is 0 Å². The Morgan fingerprint density at radius 3 is 2.50 bits per heavy atom. The highest BCUT2D eigenvalue weighted by molar-refractivity contribution is 6.09. The number of nitrogens with zero attached hydrogens (tertiary/aromatic N) is 4. The van der Waals surface area contributed by atoms with E-state index in [0.29, 0.717) is 31.3 Å². The van der Waals surface area contributed by atoms with Gasteiger partial charge in [-0.3, -0.25) is 9.69 Å². The van der Waals surface area contributed by atoms with Crippen molar-refractivity contribution in [2.45, 2.75) is 19.4 Å². The molecule has 0 unspecified atom stereocenters. The zero-order chi connectivity index (χ0) is 23.1. The lowest BCUT2D eigenvalue weighted by atomic mass is 9.99. The Balaban J connectivity index is 1.11. The molecule has 1 aromatic heterocycles. The van der Waals surface area contributed by atoms with E-state index in [4.69, 9.17) is 9.26 Å². The average Bonchev–Trinajstić information content (AvgIpc) is 3.53. The number of hydrogen-bond acceptors (Lipinski definition) is 6. The molecule has 1 amide bonds. The maximum absolute atomic E-state index is 13.4. The van der Waals surface area contributed by atoms with Gasteiger partial charge < -0.3 is 14.2 Å². The van der Waals surface area contributed by atoms with Gasteiger partial charge >= 0.3 is 0 Å². The van der Waals surface area contributed by atoms with Crippen LogP contribution in [0, 0.1) is 0 Å². The predicted molar refractivity (Wildman–Crippen MR) is 129 cm³/mol. The number of hydrogen-bond donors (Lipinski definition) is 0. The van der Waals surface area contributed by atoms with Crippen molar-refractivity contribution in [3.63, 3.8) is 0 Å². The topological polar surface area (TPSA) is 71.7 Å². The van der Waals surface area contributed by atoms with Crippen LogP contribution < -0.4 is 4.74 Å². The number of carbonyl (C=O) groups excluding carboxylic acids is 1. The summed E-state index contributed by atoms with van der Waals surface area (Å²) in [5.74, 6) is 2.06. The van der Waals surface area contributed by atoms with Crippen molar-refractivity contribution in [3.05, 3.63) is 77.2 Å². The molecule has 7 nitrogen and oxygen atoms in total. The molecule has 2 aliphatic rings. The summed E-state index contributed by atoms with van der Waals surface area (Å²) in [6, 6.07) is 18.1. The zero-order valence-corrected chi connectivity index (χ0v) is 19.2. The van der Waals surface area contributed by atoms with Crippen LogP contribution in [0.3, 0.4) is 0 Å². The van der Waals surface area contributed by atoms with E-state index in [1.807, 2.05) is 35.2 Å². The average molecular weight is 455 g/mol. The van der Waals surface area contributed by atoms with Crippen LogP contribution in [0.25, 0.3) is 22.2 Å². The number of ether oxygens (including phenoxy) is 1. The summed E-state index contributed by atoms with van der Waals surface area (Å²) in [7, 11) is 1.64. The van der Waals surface area contributed by atoms with Crippen LogP contribution in [0.5, 0.6) is 5.75 Å². The molecule has 6 rings (SSSR count). The first kappa shape index (κ1) is 20.9. The Morgan fingerprint density at radius 1 is 0.971 bits per heavy atom. The van der Waals surface area contributed by atoms with Gasteiger partial charge in [-0.25, -0.2) is 0 Å². The predicted octanol–water partition coefficient (Wildman–Crippen LogP) is 3.96. The molecule has 1 fully saturated rings. The van der Waals surface area contributed by atoms with Gasteiger partial charge in [0, 0.05) is 37.3 Å². The summed E-state index contributed by atoms with van der Waals surface area (Å²) in [6.45, 7) is 3.48. The number of rotatable bonds is 5. The minimum absolute atomic E-state index is 0.120. The third-order valence-electron chi connectivity index (χ3n) is 6.94. The number of aromatic nitrogens is 2. The highest BCUT2D eigenvalue weighted by atomic mass is 16.5. The fourth-order valence-corrected chi connectivity index (χ4v) is 5.08. The number of piperazine rings is 1. The Labute approximate surface area is 197 Å². The molecule has 0 atom stereocenters. The van der Waals surface area contributed by atoms with E-state index in [0.717, 1.165) is 48.2 Å². The standard InChI is InChI=1S/C27H26N4O3/c1-33-21-10-7-20(8-11-21)26-28-24(34-29-26)17-30-13-15-31(16-14-30)27(32)23-12-9-19-6-5-18-3-2-4-22(23)25(18)19/h2-4,7-12H,5-6,13-17H2,1H3. The van der Waals surface area contributed by atoms with E-state index in [2.05, 4.69) is 39.3 Å². The molecule has 4 aromatic rings. The zero-order valence-electron chi connectivity index (χ0n) is 19.2. The van der Waals surface area contributed by atoms with Gasteiger partial charge in [-0.1, -0.05) is 29.4 Å². The van der Waals surface area contributed by atoms with Gasteiger partial charge in [0.25, 0.3) is 5.91 Å². The molecule has 1 saturated heterocycles. The van der Waals surface area contributed by atoms with Gasteiger partial charge in [0.1, 0.15) is 5.75 Å². The molecule has 1 aliphatic carbocycles. The summed E-state index contributed by atoms with van der Waals surface area (Å²) in [4.78, 5) is 22.1. The SMILES string of the molecule is COc1ccc(-c2noc(CN3CCN(C(=O)c4ccc5c6c(cccc46)CC5)CC3)n2)cc1. The molecule has 0 saturated carbocycles. The molecule has 1 aliphatic heterocycles. The molecule has 0 bridgehead atoms. The minimum Gasteiger partial charge on any atom is -0.497 e. The van der Waals surface area contributed by atoms with Crippen LogP contribution in [0.4, 0.5) is 0 Å². The molecule has 0 spiro atoms. The lowest BCUT2D eigenvalue weighted by Gasteiger charge is -2.34. The van der Waals surface area contributed by atoms with Gasteiger partial charge in [-0.05, 0) is 65.1 Å². The quantitative estimate of drug-likeness (QED) is 0.455. The summed E-state index contributed by atoms with van der Waals surface area (Å²) < 4.78 is 10.7. The number of methoxy groups -OCH3 is 1. The van der Waals surface area contributed by atoms with Gasteiger partial charge in [-0.2, -0.15) is 4.98 Å². The maximum Gasteiger partial charge on any atom is 0.254 e. The second-order valence-corrected chi connectivity index (χ2v) is 8.92. The first-order valence-corrected chi connectivity index (χ1v) is 11.7. The van der Waals surface area contributed by atoms with Gasteiger partial charge in [0.05, 0.1) is 13.7 Å². The van der Waals surface area contributed by atoms with E-state index in [1.165, 1.54) is 16.5 Å². The van der Waals surface area contributed by atoms with Crippen LogP contribution in [0.15, 0.2) is 59.1 Å². The second kappa shape index (κ2) is 8.57. The Hall–Kier alpha value is -3.71. The maximum atomic E-state index is 13.4. The van der Waals surface area contributed by atoms with Gasteiger partial charge in [-0.15, -0.1) is 0 Å². The molecule has 0 radical (unpaired) electrons. The van der Waals surface area contributed by atoms with E-state index in [9.17, 15) is 4.79 Å². The molecule has 172 valence electrons. The number of carbonyl (C=O) groups is 1. The number of aryl methyl sites for hydroxylation is 2. The lowest BCUT2D eigenvalue weighted by Crippen LogP contribution is -2.48. The van der Waals surface area contributed by atoms with Crippen LogP contribution in [-0.4, -0.2) is 59.1 Å². The van der Waals surface area contributed by atoms with Crippen LogP contribution >= 0.6 is 0 Å². The molecular weight excluding hydrogens is 428 g/mol. The van der Waals surface area contributed by atoms with Crippen molar-refractivity contribution >= 4 is 16.7 Å². The Bertz CT molecular complexity index is 1340. The molecule has 7 heteroatoms. The normalized spacial score (nSPS) is 15.7. The largest absolute Gasteiger partial charge is 0.497 e. The Kier molecular flexibility index (Phi) is 5.26. The van der Waals surface area contributed by atoms with E-state index >= 15 is 0 Å². The van der Waals surface area contributed by atoms with E-state index in [1.54, 1.807) is 7.11 Å². The third kappa shape index (κ3) is 3.72. The molecule has 2 heterocycles. The Morgan fingerprint density at radius 2 is 1.74 bits per heavy atom. The van der Waals surface area contributed by atoms with Crippen molar-refractivity contribution in [2.75, 3.05) is 33.3 Å². The van der Waals surface area contributed by atoms with Gasteiger partial charge in [0.15, 0.2) is 0 Å². The van der Waals surface area contributed by atoms with E-state index in [-0.39, 0.29) is 5.91 Å². The van der Waals surface area contributed by atoms with Crippen molar-refractivity contribution in [3.8, 4) is 17.1 Å². The highest BCUT2D eigenvalue weighted by Gasteiger charge is 2.26. The third-order valence-corrected chi connectivity index (χ3v) is 6.94. The fraction of sp³-hybridized carbons (Fsp3) is 0.296.